The van der Waals surface area contributed by atoms with Gasteiger partial charge < -0.3 is 39.6 Å². The van der Waals surface area contributed by atoms with Crippen LogP contribution in [-0.2, 0) is 40.9 Å². The third-order valence-electron chi connectivity index (χ3n) is 6.77. The first-order chi connectivity index (χ1) is 13.2. The number of rotatable bonds is 12. The summed E-state index contributed by atoms with van der Waals surface area (Å²) in [6.07, 6.45) is 1.81. The number of carboxylic acids is 4. The van der Waals surface area contributed by atoms with Crippen LogP contribution in [0.25, 0.3) is 0 Å². The van der Waals surface area contributed by atoms with E-state index >= 15 is 0 Å². The van der Waals surface area contributed by atoms with E-state index in [2.05, 4.69) is 0 Å². The molecular weight excluding hydrogens is 440 g/mol. The van der Waals surface area contributed by atoms with Crippen LogP contribution < -0.4 is 20.4 Å². The van der Waals surface area contributed by atoms with Gasteiger partial charge in [-0.25, -0.2) is 0 Å². The molecule has 8 nitrogen and oxygen atoms in total. The van der Waals surface area contributed by atoms with Crippen LogP contribution in [0.1, 0.15) is 93.9 Å². The average molecular weight is 476 g/mol. The van der Waals surface area contributed by atoms with Crippen LogP contribution >= 0.6 is 0 Å². The molecule has 0 aromatic heterocycles. The number of carbonyl (C=O) groups excluding carboxylic acids is 4. The summed E-state index contributed by atoms with van der Waals surface area (Å²) in [5.41, 5.74) is -2.94. The fraction of sp³-hybridized carbons (Fsp3) is 0.818. The van der Waals surface area contributed by atoms with Crippen LogP contribution in [0.3, 0.4) is 0 Å². The van der Waals surface area contributed by atoms with Crippen LogP contribution in [0.5, 0.6) is 0 Å². The van der Waals surface area contributed by atoms with Crippen molar-refractivity contribution < 1.29 is 61.3 Å². The Morgan fingerprint density at radius 3 is 0.935 bits per heavy atom. The van der Waals surface area contributed by atoms with Gasteiger partial charge in [0.1, 0.15) is 0 Å². The Balaban J connectivity index is -0.000000490. The van der Waals surface area contributed by atoms with Gasteiger partial charge in [0.05, 0.1) is 0 Å². The van der Waals surface area contributed by atoms with Crippen molar-refractivity contribution in [2.45, 2.75) is 93.9 Å². The normalized spacial score (nSPS) is 12.1. The molecule has 0 aromatic rings. The van der Waals surface area contributed by atoms with Crippen molar-refractivity contribution in [2.24, 2.45) is 21.7 Å². The van der Waals surface area contributed by atoms with Crippen LogP contribution in [0, 0.1) is 21.7 Å². The predicted molar refractivity (Wildman–Crippen MR) is 103 cm³/mol. The number of aliphatic carboxylic acids is 4. The van der Waals surface area contributed by atoms with Crippen LogP contribution in [0.15, 0.2) is 0 Å². The van der Waals surface area contributed by atoms with Crippen molar-refractivity contribution in [1.82, 2.24) is 0 Å². The fourth-order valence-corrected chi connectivity index (χ4v) is 2.53. The van der Waals surface area contributed by atoms with Crippen LogP contribution in [0.4, 0.5) is 0 Å². The minimum atomic E-state index is -1.11. The Kier molecular flexibility index (Phi) is 14.6. The zero-order chi connectivity index (χ0) is 24.6. The van der Waals surface area contributed by atoms with Crippen molar-refractivity contribution in [2.75, 3.05) is 0 Å². The van der Waals surface area contributed by atoms with Gasteiger partial charge in [-0.05, 0) is 49.4 Å². The first-order valence-electron chi connectivity index (χ1n) is 10.0. The van der Waals surface area contributed by atoms with E-state index in [9.17, 15) is 39.6 Å². The van der Waals surface area contributed by atoms with Crippen LogP contribution in [0.2, 0.25) is 0 Å². The maximum atomic E-state index is 10.9. The van der Waals surface area contributed by atoms with E-state index in [0.29, 0.717) is 25.7 Å². The van der Waals surface area contributed by atoms with E-state index < -0.39 is 45.5 Å². The molecule has 0 saturated carbocycles. The van der Waals surface area contributed by atoms with Crippen molar-refractivity contribution in [3.63, 3.8) is 0 Å². The third kappa shape index (κ3) is 11.1. The van der Waals surface area contributed by atoms with E-state index in [4.69, 9.17) is 0 Å². The van der Waals surface area contributed by atoms with E-state index in [1.54, 1.807) is 55.4 Å². The summed E-state index contributed by atoms with van der Waals surface area (Å²) in [5, 5.41) is 42.3. The molecule has 31 heavy (non-hydrogen) atoms. The fourth-order valence-electron chi connectivity index (χ4n) is 2.53. The Morgan fingerprint density at radius 1 is 0.548 bits per heavy atom. The first kappa shape index (κ1) is 34.2. The molecule has 0 aliphatic heterocycles. The number of carboxylic acid groups (broad SMARTS) is 4. The Labute approximate surface area is 200 Å². The van der Waals surface area contributed by atoms with Gasteiger partial charge in [0.15, 0.2) is 0 Å². The molecule has 0 radical (unpaired) electrons. The molecule has 0 heterocycles. The van der Waals surface area contributed by atoms with E-state index in [0.717, 1.165) is 0 Å². The zero-order valence-corrected chi connectivity index (χ0v) is 21.6. The van der Waals surface area contributed by atoms with Gasteiger partial charge in [-0.1, -0.05) is 55.4 Å². The molecule has 0 fully saturated rings. The van der Waals surface area contributed by atoms with Crippen molar-refractivity contribution in [1.29, 1.82) is 0 Å². The molecule has 0 N–H and O–H groups in total. The Hall–Kier alpha value is -1.41. The summed E-state index contributed by atoms with van der Waals surface area (Å²) < 4.78 is 0. The molecular formula is C22H36O8Ti. The molecule has 0 unspecified atom stereocenters. The smallest absolute Gasteiger partial charge is 0.550 e. The average Bonchev–Trinajstić information content (AvgIpc) is 2.53. The second kappa shape index (κ2) is 13.2. The molecule has 0 saturated heterocycles. The topological polar surface area (TPSA) is 161 Å². The number of hydrogen-bond acceptors (Lipinski definition) is 8. The van der Waals surface area contributed by atoms with Crippen molar-refractivity contribution in [3.8, 4) is 0 Å². The zero-order valence-electron chi connectivity index (χ0n) is 20.0. The number of hydrogen-bond donors (Lipinski definition) is 0. The van der Waals surface area contributed by atoms with Gasteiger partial charge in [0.25, 0.3) is 0 Å². The van der Waals surface area contributed by atoms with Crippen molar-refractivity contribution in [3.05, 3.63) is 0 Å². The monoisotopic (exact) mass is 476 g/mol. The second-order valence-corrected chi connectivity index (χ2v) is 10.0. The molecule has 0 aromatic carbocycles. The Morgan fingerprint density at radius 2 is 0.774 bits per heavy atom. The summed E-state index contributed by atoms with van der Waals surface area (Å²) in [4.78, 5) is 42.3. The van der Waals surface area contributed by atoms with Gasteiger partial charge in [-0.15, -0.1) is 0 Å². The van der Waals surface area contributed by atoms with Gasteiger partial charge in [0.2, 0.25) is 0 Å². The summed E-state index contributed by atoms with van der Waals surface area (Å²) in [6, 6.07) is 0. The minimum absolute atomic E-state index is 0. The molecule has 0 rings (SSSR count). The third-order valence-corrected chi connectivity index (χ3v) is 6.77. The van der Waals surface area contributed by atoms with E-state index in [-0.39, 0.29) is 34.6 Å². The second-order valence-electron chi connectivity index (χ2n) is 10.0. The molecule has 0 spiro atoms. The minimum Gasteiger partial charge on any atom is -0.550 e. The molecule has 0 aliphatic carbocycles. The SMILES string of the molecule is CC(C)(CCCC(=O)[O-])C(C)(C)C(=O)[O-].CC(C)(CCCC(=O)[O-])C(C)(C)C(=O)[O-].[Ti+4]. The quantitative estimate of drug-likeness (QED) is 0.338. The molecule has 0 bridgehead atoms. The molecule has 0 amide bonds. The molecule has 9 heteroatoms. The van der Waals surface area contributed by atoms with Gasteiger partial charge in [0, 0.05) is 34.7 Å². The standard InChI is InChI=1S/2C11H20O4.Ti/c2*1-10(2,7-5-6-8(12)13)11(3,4)9(14)15;/h2*5-7H2,1-4H3,(H,12,13)(H,14,15);/q;;+4/p-4. The van der Waals surface area contributed by atoms with Crippen molar-refractivity contribution >= 4 is 23.9 Å². The largest absolute Gasteiger partial charge is 4.00 e. The number of carbonyl (C=O) groups is 4. The van der Waals surface area contributed by atoms with E-state index in [1.807, 2.05) is 0 Å². The summed E-state index contributed by atoms with van der Waals surface area (Å²) >= 11 is 0. The molecule has 176 valence electrons. The Bertz CT molecular complexity index is 567. The predicted octanol–water partition coefficient (Wildman–Crippen LogP) is -0.585. The van der Waals surface area contributed by atoms with Gasteiger partial charge >= 0.3 is 21.7 Å². The maximum Gasteiger partial charge on any atom is 4.00 e. The first-order valence-corrected chi connectivity index (χ1v) is 10.0. The van der Waals surface area contributed by atoms with Crippen LogP contribution in [-0.4, -0.2) is 23.9 Å². The molecule has 0 aliphatic rings. The van der Waals surface area contributed by atoms with E-state index in [1.165, 1.54) is 0 Å². The molecule has 0 atom stereocenters. The summed E-state index contributed by atoms with van der Waals surface area (Å²) in [6.45, 7) is 13.6. The maximum absolute atomic E-state index is 10.9. The van der Waals surface area contributed by atoms with Gasteiger partial charge in [-0.3, -0.25) is 0 Å². The summed E-state index contributed by atoms with van der Waals surface area (Å²) in [5.74, 6) is -4.42. The van der Waals surface area contributed by atoms with Gasteiger partial charge in [-0.2, -0.15) is 0 Å². The summed E-state index contributed by atoms with van der Waals surface area (Å²) in [7, 11) is 0.